The molecule has 4 rings (SSSR count). The van der Waals surface area contributed by atoms with E-state index in [0.717, 1.165) is 12.1 Å². The van der Waals surface area contributed by atoms with E-state index < -0.39 is 36.9 Å². The third-order valence-electron chi connectivity index (χ3n) is 6.33. The van der Waals surface area contributed by atoms with E-state index in [2.05, 4.69) is 0 Å². The number of sulfonamides is 1. The van der Waals surface area contributed by atoms with Gasteiger partial charge in [0.05, 0.1) is 5.69 Å². The monoisotopic (exact) mass is 569 g/mol. The maximum absolute atomic E-state index is 14.5. The Morgan fingerprint density at radius 1 is 1.08 bits per heavy atom. The van der Waals surface area contributed by atoms with Crippen molar-refractivity contribution in [1.82, 2.24) is 0 Å². The highest BCUT2D eigenvalue weighted by Crippen LogP contribution is 2.44. The first kappa shape index (κ1) is 27.7. The van der Waals surface area contributed by atoms with Crippen molar-refractivity contribution in [3.05, 3.63) is 70.2 Å². The number of ether oxygens (including phenoxy) is 1. The molecule has 1 heterocycles. The Morgan fingerprint density at radius 3 is 2.34 bits per heavy atom. The Bertz CT molecular complexity index is 1650. The van der Waals surface area contributed by atoms with Gasteiger partial charge in [-0.3, -0.25) is 4.55 Å². The van der Waals surface area contributed by atoms with Crippen LogP contribution in [0.15, 0.2) is 41.3 Å². The van der Waals surface area contributed by atoms with Crippen molar-refractivity contribution in [2.45, 2.75) is 44.4 Å². The Morgan fingerprint density at radius 2 is 1.74 bits per heavy atom. The number of fused-ring (bicyclic) bond motifs is 1. The van der Waals surface area contributed by atoms with Crippen LogP contribution >= 0.6 is 0 Å². The molecule has 10 nitrogen and oxygen atoms in total. The van der Waals surface area contributed by atoms with Crippen LogP contribution in [-0.2, 0) is 33.2 Å². The third kappa shape index (κ3) is 5.16. The smallest absolute Gasteiger partial charge is 0.359 e. The van der Waals surface area contributed by atoms with Gasteiger partial charge in [-0.2, -0.15) is 13.1 Å². The van der Waals surface area contributed by atoms with Gasteiger partial charge in [0.1, 0.15) is 11.6 Å². The molecule has 0 fully saturated rings. The van der Waals surface area contributed by atoms with Crippen LogP contribution in [0.3, 0.4) is 0 Å². The molecule has 38 heavy (non-hydrogen) atoms. The fourth-order valence-corrected chi connectivity index (χ4v) is 6.46. The molecule has 0 atom stereocenters. The van der Waals surface area contributed by atoms with E-state index in [0.29, 0.717) is 52.0 Å². The molecule has 0 bridgehead atoms. The van der Waals surface area contributed by atoms with Gasteiger partial charge in [-0.1, -0.05) is 0 Å². The number of anilines is 1. The molecule has 0 spiro atoms. The predicted octanol–water partition coefficient (Wildman–Crippen LogP) is 3.52. The van der Waals surface area contributed by atoms with Crippen LogP contribution in [0.1, 0.15) is 36.7 Å². The summed E-state index contributed by atoms with van der Waals surface area (Å²) in [4.78, 5) is -0.496. The normalized spacial score (nSPS) is 13.7. The molecule has 0 unspecified atom stereocenters. The van der Waals surface area contributed by atoms with E-state index >= 15 is 0 Å². The molecule has 204 valence electrons. The fourth-order valence-electron chi connectivity index (χ4n) is 4.74. The van der Waals surface area contributed by atoms with E-state index in [-0.39, 0.29) is 40.6 Å². The number of benzene rings is 2. The lowest BCUT2D eigenvalue weighted by Gasteiger charge is -2.25. The molecule has 1 aliphatic carbocycles. The number of primary sulfonamides is 1. The average Bonchev–Trinajstić information content (AvgIpc) is 2.82. The van der Waals surface area contributed by atoms with Gasteiger partial charge in [-0.25, -0.2) is 26.6 Å². The van der Waals surface area contributed by atoms with Gasteiger partial charge in [-0.05, 0) is 56.5 Å². The molecule has 3 N–H and O–H groups in total. The van der Waals surface area contributed by atoms with Gasteiger partial charge < -0.3 is 9.94 Å². The molecule has 1 aromatic heterocycles. The summed E-state index contributed by atoms with van der Waals surface area (Å²) in [7, 11) is -9.25. The Hall–Kier alpha value is -3.33. The number of hydrogen-bond acceptors (Lipinski definition) is 6. The van der Waals surface area contributed by atoms with E-state index in [1.54, 1.807) is 0 Å². The molecule has 0 saturated heterocycles. The van der Waals surface area contributed by atoms with Crippen LogP contribution in [0.4, 0.5) is 14.5 Å². The van der Waals surface area contributed by atoms with Crippen LogP contribution in [0.2, 0.25) is 0 Å². The Labute approximate surface area is 218 Å². The first-order chi connectivity index (χ1) is 17.7. The van der Waals surface area contributed by atoms with E-state index in [1.165, 1.54) is 32.0 Å². The summed E-state index contributed by atoms with van der Waals surface area (Å²) in [6.45, 7) is 2.58. The van der Waals surface area contributed by atoms with Gasteiger partial charge in [-0.15, -0.1) is 0 Å². The molecule has 1 aliphatic rings. The number of nitrogens with two attached hydrogens (primary N) is 1. The van der Waals surface area contributed by atoms with Crippen molar-refractivity contribution >= 4 is 26.0 Å². The Kier molecular flexibility index (Phi) is 7.36. The minimum absolute atomic E-state index is 0.0116. The van der Waals surface area contributed by atoms with Gasteiger partial charge in [0.15, 0.2) is 22.2 Å². The van der Waals surface area contributed by atoms with Crippen LogP contribution in [0.5, 0.6) is 11.5 Å². The standard InChI is InChI=1S/C24H25F2N3O7S2/c1-3-28(38(33,34)35)16-9-11-21(36-22-10-8-15(25)12-19(22)26)18(13-16)23-17-6-4-5-7-20(17)29(30)14(2)24(23)37(27,31)32/h8-13H,3-7H2,1-2H3,(H2,27,31,32)(H,33,34,35). The van der Waals surface area contributed by atoms with Gasteiger partial charge in [0, 0.05) is 42.6 Å². The molecule has 3 aromatic rings. The van der Waals surface area contributed by atoms with Crippen molar-refractivity contribution in [1.29, 1.82) is 0 Å². The molecule has 0 saturated carbocycles. The number of halogens is 2. The van der Waals surface area contributed by atoms with Crippen LogP contribution < -0.4 is 18.9 Å². The van der Waals surface area contributed by atoms with Gasteiger partial charge in [0.25, 0.3) is 0 Å². The number of nitrogens with zero attached hydrogens (tertiary/aromatic N) is 2. The lowest BCUT2D eigenvalue weighted by Crippen LogP contribution is -2.41. The SMILES string of the molecule is CCN(c1ccc(Oc2ccc(F)cc2F)c(-c2c3c([n+]([O-])c(C)c2S(N)(=O)=O)CCCC3)c1)S(=O)(=O)O. The zero-order valence-electron chi connectivity index (χ0n) is 20.4. The molecule has 0 amide bonds. The van der Waals surface area contributed by atoms with E-state index in [9.17, 15) is 35.4 Å². The topological polar surface area (TPSA) is 154 Å². The second-order valence-electron chi connectivity index (χ2n) is 8.76. The quantitative estimate of drug-likeness (QED) is 0.251. The Balaban J connectivity index is 2.11. The second kappa shape index (κ2) is 10.1. The maximum atomic E-state index is 14.5. The first-order valence-electron chi connectivity index (χ1n) is 11.6. The molecule has 0 aliphatic heterocycles. The number of hydrogen-bond donors (Lipinski definition) is 2. The summed E-state index contributed by atoms with van der Waals surface area (Å²) in [6, 6.07) is 6.39. The summed E-state index contributed by atoms with van der Waals surface area (Å²) >= 11 is 0. The van der Waals surface area contributed by atoms with Crippen molar-refractivity contribution in [3.8, 4) is 22.6 Å². The number of aromatic nitrogens is 1. The summed E-state index contributed by atoms with van der Waals surface area (Å²) in [5, 5.41) is 18.6. The van der Waals surface area contributed by atoms with Crippen molar-refractivity contribution in [2.75, 3.05) is 10.8 Å². The van der Waals surface area contributed by atoms with Gasteiger partial charge >= 0.3 is 10.3 Å². The van der Waals surface area contributed by atoms with Crippen molar-refractivity contribution in [2.24, 2.45) is 5.14 Å². The summed E-state index contributed by atoms with van der Waals surface area (Å²) < 4.78 is 94.3. The molecule has 14 heteroatoms. The summed E-state index contributed by atoms with van der Waals surface area (Å²) in [6.07, 6.45) is 1.97. The van der Waals surface area contributed by atoms with Crippen LogP contribution in [0.25, 0.3) is 11.1 Å². The molecular formula is C24H25F2N3O7S2. The zero-order chi connectivity index (χ0) is 28.0. The van der Waals surface area contributed by atoms with Crippen LogP contribution in [0, 0.1) is 23.8 Å². The minimum Gasteiger partial charge on any atom is -0.618 e. The predicted molar refractivity (Wildman–Crippen MR) is 135 cm³/mol. The molecular weight excluding hydrogens is 544 g/mol. The zero-order valence-corrected chi connectivity index (χ0v) is 22.1. The third-order valence-corrected chi connectivity index (χ3v) is 8.43. The van der Waals surface area contributed by atoms with E-state index in [1.807, 2.05) is 0 Å². The summed E-state index contributed by atoms with van der Waals surface area (Å²) in [5.74, 6) is -2.39. The highest BCUT2D eigenvalue weighted by molar-refractivity contribution is 7.89. The van der Waals surface area contributed by atoms with Crippen molar-refractivity contribution < 1.29 is 39.6 Å². The minimum atomic E-state index is -4.73. The average molecular weight is 570 g/mol. The molecule has 2 aromatic carbocycles. The lowest BCUT2D eigenvalue weighted by atomic mass is 9.88. The second-order valence-corrected chi connectivity index (χ2v) is 11.6. The highest BCUT2D eigenvalue weighted by atomic mass is 32.2. The summed E-state index contributed by atoms with van der Waals surface area (Å²) in [5.41, 5.74) is 0.435. The van der Waals surface area contributed by atoms with Crippen molar-refractivity contribution in [3.63, 3.8) is 0 Å². The highest BCUT2D eigenvalue weighted by Gasteiger charge is 2.35. The molecule has 0 radical (unpaired) electrons. The fraction of sp³-hybridized carbons (Fsp3) is 0.292. The lowest BCUT2D eigenvalue weighted by molar-refractivity contribution is -0.623. The van der Waals surface area contributed by atoms with Crippen LogP contribution in [-0.4, -0.2) is 27.9 Å². The number of pyridine rings is 1. The van der Waals surface area contributed by atoms with Gasteiger partial charge in [0.2, 0.25) is 15.7 Å². The van der Waals surface area contributed by atoms with E-state index in [4.69, 9.17) is 9.88 Å². The number of rotatable bonds is 7. The first-order valence-corrected chi connectivity index (χ1v) is 14.5. The maximum Gasteiger partial charge on any atom is 0.359 e. The largest absolute Gasteiger partial charge is 0.618 e.